The zero-order valence-electron chi connectivity index (χ0n) is 17.1. The second-order valence-corrected chi connectivity index (χ2v) is 7.39. The summed E-state index contributed by atoms with van der Waals surface area (Å²) in [6.45, 7) is 5.70. The van der Waals surface area contributed by atoms with Crippen LogP contribution in [0.4, 0.5) is 10.5 Å². The maximum absolute atomic E-state index is 13.1. The summed E-state index contributed by atoms with van der Waals surface area (Å²) in [5.41, 5.74) is 1.33. The number of anilines is 1. The van der Waals surface area contributed by atoms with E-state index in [0.717, 1.165) is 16.9 Å². The molecule has 0 bridgehead atoms. The molecule has 6 nitrogen and oxygen atoms in total. The van der Waals surface area contributed by atoms with Gasteiger partial charge in [-0.1, -0.05) is 69.3 Å². The van der Waals surface area contributed by atoms with Crippen LogP contribution in [-0.2, 0) is 15.1 Å². The van der Waals surface area contributed by atoms with Crippen molar-refractivity contribution >= 4 is 23.5 Å². The van der Waals surface area contributed by atoms with Gasteiger partial charge in [0.05, 0.1) is 0 Å². The summed E-state index contributed by atoms with van der Waals surface area (Å²) in [5, 5.41) is 5.66. The zero-order chi connectivity index (χ0) is 21.0. The molecule has 4 amide bonds. The Hall–Kier alpha value is -3.15. The molecule has 2 aromatic rings. The Labute approximate surface area is 171 Å². The molecule has 1 aliphatic heterocycles. The van der Waals surface area contributed by atoms with E-state index in [4.69, 9.17) is 0 Å². The first-order valence-corrected chi connectivity index (χ1v) is 10.0. The van der Waals surface area contributed by atoms with Crippen molar-refractivity contribution in [3.63, 3.8) is 0 Å². The number of urea groups is 1. The van der Waals surface area contributed by atoms with Crippen molar-refractivity contribution in [1.82, 2.24) is 10.2 Å². The van der Waals surface area contributed by atoms with Gasteiger partial charge in [0.25, 0.3) is 5.91 Å². The molecule has 1 aliphatic rings. The zero-order valence-corrected chi connectivity index (χ0v) is 17.1. The molecule has 3 rings (SSSR count). The second-order valence-electron chi connectivity index (χ2n) is 7.39. The third-order valence-electron chi connectivity index (χ3n) is 5.65. The Morgan fingerprint density at radius 2 is 1.72 bits per heavy atom. The molecular formula is C23H27N3O3. The summed E-state index contributed by atoms with van der Waals surface area (Å²) >= 11 is 0. The van der Waals surface area contributed by atoms with Crippen LogP contribution in [0.3, 0.4) is 0 Å². The first kappa shape index (κ1) is 20.6. The van der Waals surface area contributed by atoms with Gasteiger partial charge in [-0.3, -0.25) is 14.5 Å². The maximum Gasteiger partial charge on any atom is 0.325 e. The van der Waals surface area contributed by atoms with Crippen molar-refractivity contribution in [3.8, 4) is 0 Å². The fourth-order valence-electron chi connectivity index (χ4n) is 3.73. The molecule has 0 aromatic heterocycles. The van der Waals surface area contributed by atoms with Crippen molar-refractivity contribution < 1.29 is 14.4 Å². The smallest absolute Gasteiger partial charge is 0.324 e. The molecule has 2 atom stereocenters. The van der Waals surface area contributed by atoms with E-state index in [1.807, 2.05) is 61.5 Å². The van der Waals surface area contributed by atoms with E-state index in [0.29, 0.717) is 17.7 Å². The number of rotatable bonds is 7. The Morgan fingerprint density at radius 1 is 1.07 bits per heavy atom. The van der Waals surface area contributed by atoms with Gasteiger partial charge in [-0.2, -0.15) is 0 Å². The molecule has 0 radical (unpaired) electrons. The average molecular weight is 393 g/mol. The number of hydrogen-bond acceptors (Lipinski definition) is 3. The number of imide groups is 1. The topological polar surface area (TPSA) is 78.5 Å². The van der Waals surface area contributed by atoms with Crippen LogP contribution in [0.1, 0.15) is 50.7 Å². The third-order valence-corrected chi connectivity index (χ3v) is 5.65. The van der Waals surface area contributed by atoms with E-state index in [-0.39, 0.29) is 12.5 Å². The molecule has 0 saturated carbocycles. The number of carbonyl (C=O) groups is 3. The van der Waals surface area contributed by atoms with Crippen LogP contribution >= 0.6 is 0 Å². The summed E-state index contributed by atoms with van der Waals surface area (Å²) in [4.78, 5) is 39.4. The molecule has 0 unspecified atom stereocenters. The van der Waals surface area contributed by atoms with Crippen LogP contribution in [0.15, 0.2) is 54.6 Å². The number of hydrogen-bond donors (Lipinski definition) is 2. The number of para-hydroxylation sites is 1. The highest BCUT2D eigenvalue weighted by atomic mass is 16.2. The number of benzene rings is 2. The standard InChI is InChI=1S/C23H27N3O3/c1-4-16(3)18-13-9-10-14-19(18)24-20(27)15-26-21(28)23(5-2,25-22(26)29)17-11-7-6-8-12-17/h6-14,16H,4-5,15H2,1-3H3,(H,24,27)(H,25,29)/t16-,23-/m1/s1. The lowest BCUT2D eigenvalue weighted by Crippen LogP contribution is -2.44. The predicted molar refractivity (Wildman–Crippen MR) is 112 cm³/mol. The van der Waals surface area contributed by atoms with Crippen LogP contribution in [0.2, 0.25) is 0 Å². The van der Waals surface area contributed by atoms with Gasteiger partial charge in [-0.15, -0.1) is 0 Å². The molecule has 1 saturated heterocycles. The Morgan fingerprint density at radius 3 is 2.38 bits per heavy atom. The van der Waals surface area contributed by atoms with Gasteiger partial charge in [-0.25, -0.2) is 4.79 Å². The molecule has 6 heteroatoms. The highest BCUT2D eigenvalue weighted by Crippen LogP contribution is 2.32. The highest BCUT2D eigenvalue weighted by molar-refractivity contribution is 6.10. The first-order chi connectivity index (χ1) is 13.9. The predicted octanol–water partition coefficient (Wildman–Crippen LogP) is 4.00. The highest BCUT2D eigenvalue weighted by Gasteiger charge is 2.51. The quantitative estimate of drug-likeness (QED) is 0.698. The number of nitrogens with zero attached hydrogens (tertiary/aromatic N) is 1. The van der Waals surface area contributed by atoms with Crippen molar-refractivity contribution in [2.75, 3.05) is 11.9 Å². The normalized spacial score (nSPS) is 19.8. The van der Waals surface area contributed by atoms with Crippen LogP contribution in [0, 0.1) is 0 Å². The molecule has 0 spiro atoms. The summed E-state index contributed by atoms with van der Waals surface area (Å²) < 4.78 is 0. The van der Waals surface area contributed by atoms with E-state index in [1.54, 1.807) is 0 Å². The van der Waals surface area contributed by atoms with Crippen LogP contribution in [0.25, 0.3) is 0 Å². The minimum Gasteiger partial charge on any atom is -0.324 e. The fourth-order valence-corrected chi connectivity index (χ4v) is 3.73. The van der Waals surface area contributed by atoms with Crippen molar-refractivity contribution in [2.45, 2.75) is 45.1 Å². The van der Waals surface area contributed by atoms with E-state index in [2.05, 4.69) is 24.5 Å². The maximum atomic E-state index is 13.1. The van der Waals surface area contributed by atoms with Gasteiger partial charge < -0.3 is 10.6 Å². The minimum absolute atomic E-state index is 0.286. The van der Waals surface area contributed by atoms with E-state index in [9.17, 15) is 14.4 Å². The van der Waals surface area contributed by atoms with Crippen molar-refractivity contribution in [2.24, 2.45) is 0 Å². The first-order valence-electron chi connectivity index (χ1n) is 10.0. The van der Waals surface area contributed by atoms with Gasteiger partial charge in [0, 0.05) is 5.69 Å². The number of nitrogens with one attached hydrogen (secondary N) is 2. The summed E-state index contributed by atoms with van der Waals surface area (Å²) in [7, 11) is 0. The van der Waals surface area contributed by atoms with Gasteiger partial charge in [0.2, 0.25) is 5.91 Å². The molecule has 1 heterocycles. The van der Waals surface area contributed by atoms with Crippen molar-refractivity contribution in [3.05, 3.63) is 65.7 Å². The molecular weight excluding hydrogens is 366 g/mol. The molecule has 1 fully saturated rings. The molecule has 0 aliphatic carbocycles. The molecule has 29 heavy (non-hydrogen) atoms. The average Bonchev–Trinajstić information content (AvgIpc) is 2.99. The SMILES string of the molecule is CC[C@@H](C)c1ccccc1NC(=O)CN1C(=O)N[C@](CC)(c2ccccc2)C1=O. The summed E-state index contributed by atoms with van der Waals surface area (Å²) in [5.74, 6) is -0.514. The van der Waals surface area contributed by atoms with Gasteiger partial charge in [0.1, 0.15) is 12.1 Å². The lowest BCUT2D eigenvalue weighted by Gasteiger charge is -2.25. The fraction of sp³-hybridized carbons (Fsp3) is 0.348. The van der Waals surface area contributed by atoms with Crippen molar-refractivity contribution in [1.29, 1.82) is 0 Å². The molecule has 2 N–H and O–H groups in total. The van der Waals surface area contributed by atoms with Crippen LogP contribution in [-0.4, -0.2) is 29.3 Å². The second kappa shape index (κ2) is 8.47. The molecule has 152 valence electrons. The summed E-state index contributed by atoms with van der Waals surface area (Å²) in [6, 6.07) is 16.2. The largest absolute Gasteiger partial charge is 0.325 e. The van der Waals surface area contributed by atoms with Crippen LogP contribution < -0.4 is 10.6 Å². The lowest BCUT2D eigenvalue weighted by molar-refractivity contribution is -0.134. The Balaban J connectivity index is 1.78. The summed E-state index contributed by atoms with van der Waals surface area (Å²) in [6.07, 6.45) is 1.34. The lowest BCUT2D eigenvalue weighted by atomic mass is 9.87. The van der Waals surface area contributed by atoms with E-state index < -0.39 is 23.4 Å². The third kappa shape index (κ3) is 3.88. The van der Waals surface area contributed by atoms with E-state index in [1.165, 1.54) is 0 Å². The van der Waals surface area contributed by atoms with Gasteiger partial charge in [0.15, 0.2) is 0 Å². The number of amides is 4. The Bertz CT molecular complexity index is 913. The Kier molecular flexibility index (Phi) is 6.01. The van der Waals surface area contributed by atoms with E-state index >= 15 is 0 Å². The van der Waals surface area contributed by atoms with Crippen LogP contribution in [0.5, 0.6) is 0 Å². The number of carbonyl (C=O) groups excluding carboxylic acids is 3. The molecule has 2 aromatic carbocycles. The van der Waals surface area contributed by atoms with Gasteiger partial charge in [-0.05, 0) is 36.0 Å². The minimum atomic E-state index is -1.13. The van der Waals surface area contributed by atoms with Gasteiger partial charge >= 0.3 is 6.03 Å². The monoisotopic (exact) mass is 393 g/mol.